The predicted molar refractivity (Wildman–Crippen MR) is 68.2 cm³/mol. The van der Waals surface area contributed by atoms with Crippen molar-refractivity contribution in [2.24, 2.45) is 0 Å². The normalized spacial score (nSPS) is 30.2. The Balaban J connectivity index is 1.77. The topological polar surface area (TPSA) is 69.6 Å². The van der Waals surface area contributed by atoms with Gasteiger partial charge in [0.1, 0.15) is 12.1 Å². The maximum absolute atomic E-state index is 12.3. The van der Waals surface area contributed by atoms with Crippen LogP contribution in [0.2, 0.25) is 0 Å². The Morgan fingerprint density at radius 3 is 2.74 bits per heavy atom. The molecule has 3 rings (SSSR count). The molecule has 1 aromatic carbocycles. The highest BCUT2D eigenvalue weighted by molar-refractivity contribution is 5.97. The molecule has 1 unspecified atom stereocenters. The lowest BCUT2D eigenvalue weighted by Gasteiger charge is -2.34. The summed E-state index contributed by atoms with van der Waals surface area (Å²) in [7, 11) is 0. The Labute approximate surface area is 111 Å². The van der Waals surface area contributed by atoms with Crippen LogP contribution in [0.25, 0.3) is 0 Å². The van der Waals surface area contributed by atoms with E-state index in [2.05, 4.69) is 5.32 Å². The molecule has 2 saturated heterocycles. The van der Waals surface area contributed by atoms with Gasteiger partial charge in [-0.25, -0.2) is 0 Å². The van der Waals surface area contributed by atoms with Crippen molar-refractivity contribution in [2.75, 3.05) is 6.54 Å². The van der Waals surface area contributed by atoms with Crippen molar-refractivity contribution in [3.05, 3.63) is 35.9 Å². The van der Waals surface area contributed by atoms with Gasteiger partial charge in [0.25, 0.3) is 0 Å². The van der Waals surface area contributed by atoms with Gasteiger partial charge in [0.15, 0.2) is 0 Å². The molecule has 2 fully saturated rings. The molecular formula is C14H16N2O3. The number of piperazine rings is 1. The summed E-state index contributed by atoms with van der Waals surface area (Å²) in [6.45, 7) is 0.266. The van der Waals surface area contributed by atoms with Gasteiger partial charge in [-0.1, -0.05) is 30.3 Å². The molecule has 1 aromatic rings. The number of rotatable bonds is 2. The third-order valence-electron chi connectivity index (χ3n) is 3.76. The molecule has 100 valence electrons. The molecule has 0 bridgehead atoms. The Hall–Kier alpha value is -1.88. The molecule has 0 aliphatic carbocycles. The molecule has 0 aromatic heterocycles. The number of carbonyl (C=O) groups is 2. The second-order valence-corrected chi connectivity index (χ2v) is 5.15. The van der Waals surface area contributed by atoms with Crippen LogP contribution in [0, 0.1) is 0 Å². The van der Waals surface area contributed by atoms with Crippen LogP contribution in [0.15, 0.2) is 30.3 Å². The molecule has 5 heteroatoms. The van der Waals surface area contributed by atoms with E-state index in [1.807, 2.05) is 30.3 Å². The van der Waals surface area contributed by atoms with E-state index in [0.717, 1.165) is 5.56 Å². The third kappa shape index (κ3) is 2.21. The zero-order chi connectivity index (χ0) is 13.4. The summed E-state index contributed by atoms with van der Waals surface area (Å²) in [5.41, 5.74) is 1.01. The minimum atomic E-state index is -0.588. The van der Waals surface area contributed by atoms with Gasteiger partial charge in [0.05, 0.1) is 6.10 Å². The number of hydrogen-bond donors (Lipinski definition) is 2. The summed E-state index contributed by atoms with van der Waals surface area (Å²) in [5, 5.41) is 12.4. The van der Waals surface area contributed by atoms with E-state index < -0.39 is 18.2 Å². The third-order valence-corrected chi connectivity index (χ3v) is 3.76. The van der Waals surface area contributed by atoms with E-state index in [1.165, 1.54) is 4.90 Å². The minimum Gasteiger partial charge on any atom is -0.391 e. The number of amides is 2. The van der Waals surface area contributed by atoms with Crippen molar-refractivity contribution in [2.45, 2.75) is 31.0 Å². The first-order valence-corrected chi connectivity index (χ1v) is 6.48. The number of fused-ring (bicyclic) bond motifs is 1. The molecule has 2 amide bonds. The van der Waals surface area contributed by atoms with Crippen LogP contribution in [-0.2, 0) is 16.0 Å². The quantitative estimate of drug-likeness (QED) is 0.766. The fraction of sp³-hybridized carbons (Fsp3) is 0.429. The van der Waals surface area contributed by atoms with Crippen LogP contribution >= 0.6 is 0 Å². The average Bonchev–Trinajstić information content (AvgIpc) is 2.80. The van der Waals surface area contributed by atoms with E-state index in [9.17, 15) is 14.7 Å². The van der Waals surface area contributed by atoms with Crippen molar-refractivity contribution in [3.63, 3.8) is 0 Å². The summed E-state index contributed by atoms with van der Waals surface area (Å²) in [6.07, 6.45) is 0.246. The maximum Gasteiger partial charge on any atom is 0.246 e. The summed E-state index contributed by atoms with van der Waals surface area (Å²) in [4.78, 5) is 25.8. The average molecular weight is 260 g/mol. The Kier molecular flexibility index (Phi) is 2.98. The molecule has 0 spiro atoms. The summed E-state index contributed by atoms with van der Waals surface area (Å²) in [6, 6.07) is 8.59. The predicted octanol–water partition coefficient (Wildman–Crippen LogP) is -0.311. The Bertz CT molecular complexity index is 503. The monoisotopic (exact) mass is 260 g/mol. The number of aliphatic hydroxyl groups excluding tert-OH is 1. The fourth-order valence-corrected chi connectivity index (χ4v) is 2.82. The van der Waals surface area contributed by atoms with Crippen molar-refractivity contribution < 1.29 is 14.7 Å². The molecule has 3 atom stereocenters. The highest BCUT2D eigenvalue weighted by Gasteiger charge is 2.45. The zero-order valence-corrected chi connectivity index (χ0v) is 10.5. The number of aliphatic hydroxyl groups is 1. The SMILES string of the molecule is O=C1N[C@@H](Cc2ccccc2)C(=O)N2C[C@H](O)CC12. The number of nitrogens with zero attached hydrogens (tertiary/aromatic N) is 1. The van der Waals surface area contributed by atoms with E-state index in [1.54, 1.807) is 0 Å². The molecular weight excluding hydrogens is 244 g/mol. The molecule has 2 N–H and O–H groups in total. The molecule has 0 saturated carbocycles. The molecule has 5 nitrogen and oxygen atoms in total. The van der Waals surface area contributed by atoms with Crippen LogP contribution in [0.1, 0.15) is 12.0 Å². The summed E-state index contributed by atoms with van der Waals surface area (Å²) < 4.78 is 0. The first kappa shape index (κ1) is 12.2. The lowest BCUT2D eigenvalue weighted by atomic mass is 10.0. The number of benzene rings is 1. The van der Waals surface area contributed by atoms with Crippen LogP contribution in [0.5, 0.6) is 0 Å². The van der Waals surface area contributed by atoms with Gasteiger partial charge in [-0.2, -0.15) is 0 Å². The second-order valence-electron chi connectivity index (χ2n) is 5.15. The second kappa shape index (κ2) is 4.66. The minimum absolute atomic E-state index is 0.0926. The maximum atomic E-state index is 12.3. The van der Waals surface area contributed by atoms with Crippen LogP contribution < -0.4 is 5.32 Å². The van der Waals surface area contributed by atoms with Gasteiger partial charge in [-0.15, -0.1) is 0 Å². The van der Waals surface area contributed by atoms with E-state index in [-0.39, 0.29) is 18.4 Å². The Morgan fingerprint density at radius 2 is 2.00 bits per heavy atom. The van der Waals surface area contributed by atoms with Crippen LogP contribution in [0.3, 0.4) is 0 Å². The highest BCUT2D eigenvalue weighted by atomic mass is 16.3. The van der Waals surface area contributed by atoms with Crippen LogP contribution in [-0.4, -0.2) is 46.6 Å². The van der Waals surface area contributed by atoms with Crippen molar-refractivity contribution in [1.82, 2.24) is 10.2 Å². The first-order chi connectivity index (χ1) is 9.15. The molecule has 2 aliphatic rings. The largest absolute Gasteiger partial charge is 0.391 e. The van der Waals surface area contributed by atoms with Gasteiger partial charge < -0.3 is 15.3 Å². The van der Waals surface area contributed by atoms with E-state index in [4.69, 9.17) is 0 Å². The van der Waals surface area contributed by atoms with Gasteiger partial charge in [0.2, 0.25) is 11.8 Å². The first-order valence-electron chi connectivity index (χ1n) is 6.48. The van der Waals surface area contributed by atoms with Crippen molar-refractivity contribution in [3.8, 4) is 0 Å². The number of nitrogens with one attached hydrogen (secondary N) is 1. The van der Waals surface area contributed by atoms with Crippen molar-refractivity contribution >= 4 is 11.8 Å². The van der Waals surface area contributed by atoms with Gasteiger partial charge >= 0.3 is 0 Å². The highest BCUT2D eigenvalue weighted by Crippen LogP contribution is 2.23. The van der Waals surface area contributed by atoms with E-state index >= 15 is 0 Å². The van der Waals surface area contributed by atoms with Gasteiger partial charge in [0, 0.05) is 19.4 Å². The molecule has 2 aliphatic heterocycles. The summed E-state index contributed by atoms with van der Waals surface area (Å²) in [5.74, 6) is -0.248. The lowest BCUT2D eigenvalue weighted by molar-refractivity contribution is -0.147. The lowest BCUT2D eigenvalue weighted by Crippen LogP contribution is -2.61. The molecule has 2 heterocycles. The number of carbonyl (C=O) groups excluding carboxylic acids is 2. The summed E-state index contributed by atoms with van der Waals surface area (Å²) >= 11 is 0. The van der Waals surface area contributed by atoms with E-state index in [0.29, 0.717) is 12.8 Å². The zero-order valence-electron chi connectivity index (χ0n) is 10.5. The van der Waals surface area contributed by atoms with Gasteiger partial charge in [-0.3, -0.25) is 9.59 Å². The van der Waals surface area contributed by atoms with Crippen LogP contribution in [0.4, 0.5) is 0 Å². The standard InChI is InChI=1S/C14H16N2O3/c17-10-7-12-13(18)15-11(14(19)16(12)8-10)6-9-4-2-1-3-5-9/h1-5,10-12,17H,6-8H2,(H,15,18)/t10-,11+,12?/m1/s1. The smallest absolute Gasteiger partial charge is 0.246 e. The fourth-order valence-electron chi connectivity index (χ4n) is 2.82. The Morgan fingerprint density at radius 1 is 1.26 bits per heavy atom. The number of hydrogen-bond acceptors (Lipinski definition) is 3. The molecule has 0 radical (unpaired) electrons. The van der Waals surface area contributed by atoms with Crippen molar-refractivity contribution in [1.29, 1.82) is 0 Å². The van der Waals surface area contributed by atoms with Gasteiger partial charge in [-0.05, 0) is 5.56 Å². The molecule has 19 heavy (non-hydrogen) atoms.